The molecule has 0 saturated heterocycles. The third-order valence-corrected chi connectivity index (χ3v) is 8.17. The molecule has 4 rings (SSSR count). The molecule has 10 heteroatoms. The van der Waals surface area contributed by atoms with Crippen LogP contribution in [0.2, 0.25) is 0 Å². The molecule has 2 heterocycles. The van der Waals surface area contributed by atoms with E-state index in [0.717, 1.165) is 24.1 Å². The summed E-state index contributed by atoms with van der Waals surface area (Å²) in [5.74, 6) is -0.278. The van der Waals surface area contributed by atoms with Crippen molar-refractivity contribution in [1.82, 2.24) is 25.8 Å². The van der Waals surface area contributed by atoms with Crippen LogP contribution < -0.4 is 20.7 Å². The Balaban J connectivity index is 1.63. The Morgan fingerprint density at radius 3 is 2.39 bits per heavy atom. The fourth-order valence-corrected chi connectivity index (χ4v) is 5.16. The Morgan fingerprint density at radius 2 is 1.71 bits per heavy atom. The fourth-order valence-electron chi connectivity index (χ4n) is 5.16. The van der Waals surface area contributed by atoms with E-state index in [1.807, 2.05) is 32.9 Å². The summed E-state index contributed by atoms with van der Waals surface area (Å²) in [5.41, 5.74) is 1.59. The van der Waals surface area contributed by atoms with Crippen LogP contribution in [0.5, 0.6) is 11.5 Å². The number of likely N-dealkylation sites (N-methyl/N-ethyl adjacent to an activating group) is 1. The first-order valence-electron chi connectivity index (χ1n) is 14.6. The number of aromatic hydroxyl groups is 1. The Labute approximate surface area is 242 Å². The van der Waals surface area contributed by atoms with Crippen molar-refractivity contribution < 1.29 is 24.2 Å². The van der Waals surface area contributed by atoms with Crippen LogP contribution in [0.15, 0.2) is 42.6 Å². The van der Waals surface area contributed by atoms with Crippen molar-refractivity contribution >= 4 is 17.7 Å². The van der Waals surface area contributed by atoms with Gasteiger partial charge in [-0.2, -0.15) is 0 Å². The van der Waals surface area contributed by atoms with E-state index in [2.05, 4.69) is 20.9 Å². The van der Waals surface area contributed by atoms with Crippen LogP contribution in [0.1, 0.15) is 64.1 Å². The number of benzene rings is 1. The average molecular weight is 566 g/mol. The molecule has 1 aliphatic carbocycles. The highest BCUT2D eigenvalue weighted by atomic mass is 16.5. The number of nitrogens with one attached hydrogen (secondary N) is 3. The third kappa shape index (κ3) is 7.75. The second kappa shape index (κ2) is 13.3. The summed E-state index contributed by atoms with van der Waals surface area (Å²) in [4.78, 5) is 46.7. The lowest BCUT2D eigenvalue weighted by atomic mass is 9.92. The lowest BCUT2D eigenvalue weighted by Gasteiger charge is -2.32. The maximum atomic E-state index is 13.6. The number of ether oxygens (including phenoxy) is 1. The maximum Gasteiger partial charge on any atom is 0.243 e. The number of aromatic nitrogens is 1. The number of phenols is 1. The number of carbonyl (C=O) groups is 3. The van der Waals surface area contributed by atoms with E-state index in [1.54, 1.807) is 44.4 Å². The number of amides is 3. The molecule has 6 atom stereocenters. The van der Waals surface area contributed by atoms with Crippen LogP contribution >= 0.6 is 0 Å². The first kappa shape index (κ1) is 30.3. The number of hydrogen-bond acceptors (Lipinski definition) is 7. The van der Waals surface area contributed by atoms with E-state index in [4.69, 9.17) is 4.74 Å². The molecule has 2 aliphatic rings. The molecule has 1 aromatic carbocycles. The van der Waals surface area contributed by atoms with Gasteiger partial charge in [0, 0.05) is 31.7 Å². The van der Waals surface area contributed by atoms with E-state index in [1.165, 1.54) is 4.90 Å². The molecule has 0 bridgehead atoms. The highest BCUT2D eigenvalue weighted by molar-refractivity contribution is 5.93. The van der Waals surface area contributed by atoms with Gasteiger partial charge >= 0.3 is 0 Å². The summed E-state index contributed by atoms with van der Waals surface area (Å²) in [6, 6.07) is 8.00. The van der Waals surface area contributed by atoms with Gasteiger partial charge in [-0.1, -0.05) is 19.1 Å². The Bertz CT molecular complexity index is 1220. The largest absolute Gasteiger partial charge is 0.508 e. The van der Waals surface area contributed by atoms with E-state index < -0.39 is 30.0 Å². The lowest BCUT2D eigenvalue weighted by molar-refractivity contribution is -0.141. The SMILES string of the molecule is CC(c1ccc(O)cc1)[C@H]1NC(=O)[C@@H](C)N(C)C(=O)[C@H](C2CC2)NC[C@@H](C)Oc2cccnc2CC[C@H](C)NC1=O. The molecule has 1 aromatic heterocycles. The topological polar surface area (TPSA) is 133 Å². The van der Waals surface area contributed by atoms with E-state index in [-0.39, 0.29) is 35.6 Å². The standard InChI is InChI=1S/C31H43N5O5/c1-18-8-15-25-26(7-6-16-32-25)41-19(2)17-33-28(23-9-10-23)31(40)36(5)21(4)29(38)35-27(30(39)34-18)20(3)22-11-13-24(37)14-12-22/h6-7,11-14,16,18-21,23,27-28,33,37H,8-10,15,17H2,1-5H3,(H,34,39)(H,35,38)/t18-,19+,20?,21+,27+,28-/m0/s1. The minimum Gasteiger partial charge on any atom is -0.508 e. The number of phenolic OH excluding ortho intramolecular Hbond substituents is 1. The summed E-state index contributed by atoms with van der Waals surface area (Å²) in [6.07, 6.45) is 4.62. The maximum absolute atomic E-state index is 13.6. The molecule has 4 N–H and O–H groups in total. The Kier molecular flexibility index (Phi) is 9.86. The van der Waals surface area contributed by atoms with Gasteiger partial charge in [-0.05, 0) is 82.2 Å². The number of rotatable bonds is 3. The van der Waals surface area contributed by atoms with Gasteiger partial charge in [-0.3, -0.25) is 19.4 Å². The van der Waals surface area contributed by atoms with Gasteiger partial charge in [0.1, 0.15) is 29.7 Å². The first-order valence-corrected chi connectivity index (χ1v) is 14.6. The molecule has 2 aromatic rings. The van der Waals surface area contributed by atoms with Crippen molar-refractivity contribution in [2.75, 3.05) is 13.6 Å². The van der Waals surface area contributed by atoms with E-state index in [0.29, 0.717) is 25.1 Å². The second-order valence-corrected chi connectivity index (χ2v) is 11.5. The summed E-state index contributed by atoms with van der Waals surface area (Å²) in [7, 11) is 1.63. The number of nitrogens with zero attached hydrogens (tertiary/aromatic N) is 2. The number of carbonyl (C=O) groups excluding carboxylic acids is 3. The van der Waals surface area contributed by atoms with Crippen molar-refractivity contribution in [2.45, 2.75) is 89.6 Å². The predicted molar refractivity (Wildman–Crippen MR) is 155 cm³/mol. The molecule has 3 amide bonds. The minimum atomic E-state index is -0.897. The Morgan fingerprint density at radius 1 is 1.00 bits per heavy atom. The summed E-state index contributed by atoms with van der Waals surface area (Å²) >= 11 is 0. The average Bonchev–Trinajstić information content (AvgIpc) is 3.79. The van der Waals surface area contributed by atoms with E-state index in [9.17, 15) is 19.5 Å². The van der Waals surface area contributed by atoms with Crippen molar-refractivity contribution in [3.05, 3.63) is 53.9 Å². The quantitative estimate of drug-likeness (QED) is 0.450. The first-order chi connectivity index (χ1) is 19.5. The van der Waals surface area contributed by atoms with Gasteiger partial charge in [-0.15, -0.1) is 0 Å². The van der Waals surface area contributed by atoms with Crippen LogP contribution in [0.3, 0.4) is 0 Å². The zero-order valence-corrected chi connectivity index (χ0v) is 24.6. The second-order valence-electron chi connectivity index (χ2n) is 11.5. The van der Waals surface area contributed by atoms with Crippen LogP contribution in [0.4, 0.5) is 0 Å². The summed E-state index contributed by atoms with van der Waals surface area (Å²) < 4.78 is 6.23. The zero-order valence-electron chi connectivity index (χ0n) is 24.6. The third-order valence-electron chi connectivity index (χ3n) is 8.17. The number of hydrogen-bond donors (Lipinski definition) is 4. The molecule has 1 fully saturated rings. The lowest BCUT2D eigenvalue weighted by Crippen LogP contribution is -2.58. The molecule has 1 saturated carbocycles. The van der Waals surface area contributed by atoms with Gasteiger partial charge < -0.3 is 30.7 Å². The van der Waals surface area contributed by atoms with Crippen molar-refractivity contribution in [3.8, 4) is 11.5 Å². The smallest absolute Gasteiger partial charge is 0.243 e. The summed E-state index contributed by atoms with van der Waals surface area (Å²) in [6.45, 7) is 7.87. The highest BCUT2D eigenvalue weighted by Crippen LogP contribution is 2.34. The van der Waals surface area contributed by atoms with Crippen molar-refractivity contribution in [1.29, 1.82) is 0 Å². The Hall–Kier alpha value is -3.66. The fraction of sp³-hybridized carbons (Fsp3) is 0.548. The van der Waals surface area contributed by atoms with Gasteiger partial charge in [0.25, 0.3) is 0 Å². The van der Waals surface area contributed by atoms with Crippen LogP contribution in [-0.4, -0.2) is 76.6 Å². The number of aryl methyl sites for hydroxylation is 1. The van der Waals surface area contributed by atoms with Crippen LogP contribution in [0.25, 0.3) is 0 Å². The van der Waals surface area contributed by atoms with Crippen molar-refractivity contribution in [2.24, 2.45) is 5.92 Å². The monoisotopic (exact) mass is 565 g/mol. The van der Waals surface area contributed by atoms with Crippen LogP contribution in [0, 0.1) is 5.92 Å². The van der Waals surface area contributed by atoms with Crippen molar-refractivity contribution in [3.63, 3.8) is 0 Å². The molecule has 0 spiro atoms. The van der Waals surface area contributed by atoms with Gasteiger partial charge in [0.2, 0.25) is 17.7 Å². The number of fused-ring (bicyclic) bond motifs is 1. The molecular formula is C31H43N5O5. The minimum absolute atomic E-state index is 0.118. The molecule has 0 radical (unpaired) electrons. The van der Waals surface area contributed by atoms with Gasteiger partial charge in [-0.25, -0.2) is 0 Å². The normalized spacial score (nSPS) is 27.9. The zero-order chi connectivity index (χ0) is 29.7. The van der Waals surface area contributed by atoms with Crippen LogP contribution in [-0.2, 0) is 20.8 Å². The summed E-state index contributed by atoms with van der Waals surface area (Å²) in [5, 5.41) is 19.1. The highest BCUT2D eigenvalue weighted by Gasteiger charge is 2.40. The molecule has 1 aliphatic heterocycles. The molecule has 1 unspecified atom stereocenters. The molecule has 222 valence electrons. The van der Waals surface area contributed by atoms with E-state index >= 15 is 0 Å². The van der Waals surface area contributed by atoms with Gasteiger partial charge in [0.05, 0.1) is 11.7 Å². The predicted octanol–water partition coefficient (Wildman–Crippen LogP) is 2.51. The molecule has 41 heavy (non-hydrogen) atoms. The molecular weight excluding hydrogens is 522 g/mol. The van der Waals surface area contributed by atoms with Gasteiger partial charge in [0.15, 0.2) is 0 Å². The number of pyridine rings is 1. The molecule has 10 nitrogen and oxygen atoms in total.